The van der Waals surface area contributed by atoms with E-state index in [1.54, 1.807) is 6.20 Å². The summed E-state index contributed by atoms with van der Waals surface area (Å²) < 4.78 is 0. The van der Waals surface area contributed by atoms with Crippen molar-refractivity contribution in [3.05, 3.63) is 30.1 Å². The van der Waals surface area contributed by atoms with Crippen molar-refractivity contribution in [2.45, 2.75) is 19.8 Å². The zero-order valence-electron chi connectivity index (χ0n) is 6.76. The average Bonchev–Trinajstić information content (AvgIpc) is 1.90. The molecule has 2 heteroatoms. The van der Waals surface area contributed by atoms with Crippen molar-refractivity contribution in [1.82, 2.24) is 4.98 Å². The molecule has 1 heterocycles. The maximum Gasteiger partial charge on any atom is 1.00 e. The smallest absolute Gasteiger partial charge is 0.300 e. The van der Waals surface area contributed by atoms with Gasteiger partial charge in [0.1, 0.15) is 0 Å². The molecule has 48 valence electrons. The third kappa shape index (κ3) is 3.38. The molecule has 0 unspecified atom stereocenters. The van der Waals surface area contributed by atoms with Crippen LogP contribution in [0.15, 0.2) is 18.3 Å². The fraction of sp³-hybridized carbons (Fsp3) is 0.375. The Morgan fingerprint density at radius 1 is 1.50 bits per heavy atom. The second kappa shape index (κ2) is 5.59. The van der Waals surface area contributed by atoms with Crippen LogP contribution in [0.4, 0.5) is 0 Å². The van der Waals surface area contributed by atoms with Gasteiger partial charge in [0.15, 0.2) is 0 Å². The molecule has 10 heavy (non-hydrogen) atoms. The Morgan fingerprint density at radius 2 is 2.20 bits per heavy atom. The van der Waals surface area contributed by atoms with Gasteiger partial charge in [-0.05, 0) is 11.6 Å². The molecule has 0 bridgehead atoms. The van der Waals surface area contributed by atoms with Crippen LogP contribution in [0, 0.1) is 6.07 Å². The van der Waals surface area contributed by atoms with Crippen LogP contribution in [0.1, 0.15) is 25.5 Å². The molecule has 0 N–H and O–H groups in total. The third-order valence-corrected chi connectivity index (χ3v) is 1.23. The molecule has 0 fully saturated rings. The largest absolute Gasteiger partial charge is 1.00 e. The van der Waals surface area contributed by atoms with Crippen molar-refractivity contribution in [1.29, 1.82) is 0 Å². The van der Waals surface area contributed by atoms with Gasteiger partial charge in [0.25, 0.3) is 0 Å². The maximum atomic E-state index is 4.12. The fourth-order valence-corrected chi connectivity index (χ4v) is 0.673. The zero-order chi connectivity index (χ0) is 6.69. The van der Waals surface area contributed by atoms with Gasteiger partial charge in [-0.15, -0.1) is 0 Å². The Bertz CT molecular complexity index is 172. The molecule has 0 radical (unpaired) electrons. The molecule has 0 aliphatic rings. The predicted molar refractivity (Wildman–Crippen MR) is 37.2 cm³/mol. The molecular formula is C8H10NRb. The predicted octanol–water partition coefficient (Wildman–Crippen LogP) is -0.991. The quantitative estimate of drug-likeness (QED) is 0.537. The van der Waals surface area contributed by atoms with Gasteiger partial charge in [-0.2, -0.15) is 6.07 Å². The Morgan fingerprint density at radius 3 is 2.50 bits per heavy atom. The zero-order valence-corrected chi connectivity index (χ0v) is 11.7. The second-order valence-corrected chi connectivity index (χ2v) is 2.34. The van der Waals surface area contributed by atoms with Crippen LogP contribution in [0.5, 0.6) is 0 Å². The number of pyridine rings is 1. The fourth-order valence-electron chi connectivity index (χ4n) is 0.673. The Labute approximate surface area is 111 Å². The van der Waals surface area contributed by atoms with Gasteiger partial charge in [0.2, 0.25) is 0 Å². The Kier molecular flexibility index (Phi) is 6.12. The molecular weight excluding hydrogens is 196 g/mol. The van der Waals surface area contributed by atoms with E-state index in [0.29, 0.717) is 5.92 Å². The molecule has 0 amide bonds. The van der Waals surface area contributed by atoms with Crippen molar-refractivity contribution in [3.63, 3.8) is 0 Å². The van der Waals surface area contributed by atoms with Crippen LogP contribution in [0.3, 0.4) is 0 Å². The molecule has 0 aliphatic carbocycles. The summed E-state index contributed by atoms with van der Waals surface area (Å²) in [6.07, 6.45) is 1.70. The van der Waals surface area contributed by atoms with Gasteiger partial charge in [-0.3, -0.25) is 0 Å². The van der Waals surface area contributed by atoms with Crippen LogP contribution in [-0.4, -0.2) is 4.98 Å². The van der Waals surface area contributed by atoms with Gasteiger partial charge in [-0.25, -0.2) is 12.1 Å². The van der Waals surface area contributed by atoms with Gasteiger partial charge in [-0.1, -0.05) is 20.0 Å². The summed E-state index contributed by atoms with van der Waals surface area (Å²) in [5.74, 6) is 0.527. The van der Waals surface area contributed by atoms with Gasteiger partial charge >= 0.3 is 58.2 Å². The van der Waals surface area contributed by atoms with Crippen LogP contribution >= 0.6 is 0 Å². The molecule has 1 aromatic rings. The van der Waals surface area contributed by atoms with Gasteiger partial charge < -0.3 is 4.98 Å². The van der Waals surface area contributed by atoms with Gasteiger partial charge in [0.05, 0.1) is 0 Å². The molecule has 1 nitrogen and oxygen atoms in total. The topological polar surface area (TPSA) is 12.9 Å². The first kappa shape index (κ1) is 11.0. The van der Waals surface area contributed by atoms with E-state index < -0.39 is 0 Å². The molecule has 1 aromatic heterocycles. The molecule has 0 aliphatic heterocycles. The van der Waals surface area contributed by atoms with Crippen molar-refractivity contribution in [2.24, 2.45) is 0 Å². The van der Waals surface area contributed by atoms with Crippen LogP contribution in [0.2, 0.25) is 0 Å². The molecule has 1 rings (SSSR count). The van der Waals surface area contributed by atoms with Crippen LogP contribution < -0.4 is 58.2 Å². The summed E-state index contributed by atoms with van der Waals surface area (Å²) in [6, 6.07) is 6.76. The molecule has 0 saturated heterocycles. The van der Waals surface area contributed by atoms with Crippen molar-refractivity contribution in [3.8, 4) is 0 Å². The van der Waals surface area contributed by atoms with Crippen LogP contribution in [0.25, 0.3) is 0 Å². The number of hydrogen-bond donors (Lipinski definition) is 0. The van der Waals surface area contributed by atoms with E-state index >= 15 is 0 Å². The average molecular weight is 206 g/mol. The SMILES string of the molecule is CC(C)c1cc[c-]cn1.[Rb+]. The van der Waals surface area contributed by atoms with E-state index in [1.807, 2.05) is 12.1 Å². The van der Waals surface area contributed by atoms with E-state index in [1.165, 1.54) is 0 Å². The standard InChI is InChI=1S/C8H10N.Rb/c1-7(2)8-5-3-4-6-9-8;/h3,5-7H,1-2H3;/q-1;+1. The summed E-state index contributed by atoms with van der Waals surface area (Å²) in [7, 11) is 0. The first-order valence-corrected chi connectivity index (χ1v) is 3.12. The maximum absolute atomic E-state index is 4.12. The third-order valence-electron chi connectivity index (χ3n) is 1.23. The number of nitrogens with zero attached hydrogens (tertiary/aromatic N) is 1. The Balaban J connectivity index is 0.000000810. The summed E-state index contributed by atoms with van der Waals surface area (Å²) >= 11 is 0. The van der Waals surface area contributed by atoms with Gasteiger partial charge in [0, 0.05) is 0 Å². The molecule has 0 spiro atoms. The summed E-state index contributed by atoms with van der Waals surface area (Å²) in [5, 5.41) is 0. The van der Waals surface area contributed by atoms with Crippen molar-refractivity contribution >= 4 is 0 Å². The van der Waals surface area contributed by atoms with E-state index in [9.17, 15) is 0 Å². The summed E-state index contributed by atoms with van der Waals surface area (Å²) in [6.45, 7) is 4.25. The summed E-state index contributed by atoms with van der Waals surface area (Å²) in [4.78, 5) is 4.12. The molecule has 0 aromatic carbocycles. The van der Waals surface area contributed by atoms with E-state index in [0.717, 1.165) is 5.69 Å². The van der Waals surface area contributed by atoms with Crippen LogP contribution in [-0.2, 0) is 0 Å². The normalized spacial score (nSPS) is 9.10. The minimum atomic E-state index is 0. The number of aromatic nitrogens is 1. The van der Waals surface area contributed by atoms with E-state index in [4.69, 9.17) is 0 Å². The number of hydrogen-bond acceptors (Lipinski definition) is 1. The number of rotatable bonds is 1. The minimum Gasteiger partial charge on any atom is -0.300 e. The first-order valence-electron chi connectivity index (χ1n) is 3.12. The second-order valence-electron chi connectivity index (χ2n) is 2.34. The summed E-state index contributed by atoms with van der Waals surface area (Å²) in [5.41, 5.74) is 1.13. The first-order chi connectivity index (χ1) is 4.30. The van der Waals surface area contributed by atoms with E-state index in [-0.39, 0.29) is 58.2 Å². The molecule has 0 atom stereocenters. The molecule has 0 saturated carbocycles. The monoisotopic (exact) mass is 205 g/mol. The van der Waals surface area contributed by atoms with E-state index in [2.05, 4.69) is 24.9 Å². The van der Waals surface area contributed by atoms with Crippen molar-refractivity contribution < 1.29 is 58.2 Å². The van der Waals surface area contributed by atoms with Crippen molar-refractivity contribution in [2.75, 3.05) is 0 Å². The Hall–Kier alpha value is 0.955. The minimum absolute atomic E-state index is 0.